The predicted molar refractivity (Wildman–Crippen MR) is 81.8 cm³/mol. The van der Waals surface area contributed by atoms with Crippen LogP contribution in [0.15, 0.2) is 24.3 Å². The number of hydrogen-bond donors (Lipinski definition) is 2. The van der Waals surface area contributed by atoms with Crippen molar-refractivity contribution in [1.82, 2.24) is 9.78 Å². The lowest BCUT2D eigenvalue weighted by atomic mass is 10.2. The Labute approximate surface area is 128 Å². The lowest BCUT2D eigenvalue weighted by Gasteiger charge is -2.08. The molecule has 1 heterocycles. The lowest BCUT2D eigenvalue weighted by Crippen LogP contribution is -2.21. The molecule has 0 unspecified atom stereocenters. The van der Waals surface area contributed by atoms with Gasteiger partial charge in [-0.05, 0) is 38.1 Å². The third-order valence-corrected chi connectivity index (χ3v) is 3.28. The van der Waals surface area contributed by atoms with Crippen LogP contribution >= 0.6 is 0 Å². The Kier molecular flexibility index (Phi) is 4.45. The van der Waals surface area contributed by atoms with Crippen LogP contribution in [0.25, 0.3) is 0 Å². The highest BCUT2D eigenvalue weighted by atomic mass is 16.5. The standard InChI is InChI=1S/C15H18N4O3/c1-9-14(10(2)19(3)18-9)17-13(20)8-22-12-6-4-11(5-7-12)15(16)21/h4-7H,8H2,1-3H3,(H2,16,21)(H,17,20). The fourth-order valence-electron chi connectivity index (χ4n) is 1.99. The van der Waals surface area contributed by atoms with E-state index in [0.717, 1.165) is 11.4 Å². The van der Waals surface area contributed by atoms with Gasteiger partial charge in [0.1, 0.15) is 5.75 Å². The van der Waals surface area contributed by atoms with E-state index in [9.17, 15) is 9.59 Å². The van der Waals surface area contributed by atoms with E-state index in [1.807, 2.05) is 20.9 Å². The fourth-order valence-corrected chi connectivity index (χ4v) is 1.99. The van der Waals surface area contributed by atoms with Crippen molar-refractivity contribution in [3.8, 4) is 5.75 Å². The van der Waals surface area contributed by atoms with Crippen LogP contribution in [0.3, 0.4) is 0 Å². The zero-order chi connectivity index (χ0) is 16.3. The van der Waals surface area contributed by atoms with Gasteiger partial charge >= 0.3 is 0 Å². The van der Waals surface area contributed by atoms with Crippen molar-refractivity contribution in [2.75, 3.05) is 11.9 Å². The summed E-state index contributed by atoms with van der Waals surface area (Å²) in [6.07, 6.45) is 0. The molecule has 3 N–H and O–H groups in total. The third-order valence-electron chi connectivity index (χ3n) is 3.28. The number of carbonyl (C=O) groups excluding carboxylic acids is 2. The normalized spacial score (nSPS) is 10.3. The van der Waals surface area contributed by atoms with E-state index in [4.69, 9.17) is 10.5 Å². The molecule has 0 fully saturated rings. The minimum Gasteiger partial charge on any atom is -0.484 e. The molecule has 2 amide bonds. The number of nitrogens with one attached hydrogen (secondary N) is 1. The van der Waals surface area contributed by atoms with Crippen molar-refractivity contribution in [2.45, 2.75) is 13.8 Å². The molecule has 0 aliphatic rings. The fraction of sp³-hybridized carbons (Fsp3) is 0.267. The minimum absolute atomic E-state index is 0.135. The number of nitrogens with zero attached hydrogens (tertiary/aromatic N) is 2. The maximum atomic E-state index is 11.9. The molecular formula is C15H18N4O3. The topological polar surface area (TPSA) is 99.2 Å². The first-order valence-electron chi connectivity index (χ1n) is 6.71. The summed E-state index contributed by atoms with van der Waals surface area (Å²) in [5, 5.41) is 7.00. The smallest absolute Gasteiger partial charge is 0.262 e. The highest BCUT2D eigenvalue weighted by molar-refractivity contribution is 5.93. The number of aromatic nitrogens is 2. The van der Waals surface area contributed by atoms with Crippen LogP contribution in [-0.2, 0) is 11.8 Å². The second kappa shape index (κ2) is 6.30. The van der Waals surface area contributed by atoms with Gasteiger partial charge in [0, 0.05) is 12.6 Å². The van der Waals surface area contributed by atoms with E-state index in [0.29, 0.717) is 17.0 Å². The molecule has 0 saturated heterocycles. The Morgan fingerprint density at radius 1 is 1.27 bits per heavy atom. The van der Waals surface area contributed by atoms with E-state index in [-0.39, 0.29) is 12.5 Å². The van der Waals surface area contributed by atoms with E-state index in [2.05, 4.69) is 10.4 Å². The molecule has 0 bridgehead atoms. The molecule has 0 saturated carbocycles. The summed E-state index contributed by atoms with van der Waals surface area (Å²) in [5.74, 6) is -0.301. The molecule has 7 heteroatoms. The van der Waals surface area contributed by atoms with Gasteiger partial charge in [-0.25, -0.2) is 0 Å². The summed E-state index contributed by atoms with van der Waals surface area (Å²) in [7, 11) is 1.81. The van der Waals surface area contributed by atoms with Gasteiger partial charge in [-0.3, -0.25) is 14.3 Å². The molecule has 1 aromatic heterocycles. The second-order valence-corrected chi connectivity index (χ2v) is 4.89. The summed E-state index contributed by atoms with van der Waals surface area (Å²) in [6.45, 7) is 3.56. The van der Waals surface area contributed by atoms with Crippen molar-refractivity contribution < 1.29 is 14.3 Å². The van der Waals surface area contributed by atoms with Crippen LogP contribution in [0.4, 0.5) is 5.69 Å². The number of primary amides is 1. The molecule has 0 aliphatic carbocycles. The lowest BCUT2D eigenvalue weighted by molar-refractivity contribution is -0.118. The Balaban J connectivity index is 1.94. The quantitative estimate of drug-likeness (QED) is 0.865. The van der Waals surface area contributed by atoms with Crippen LogP contribution in [0.5, 0.6) is 5.75 Å². The van der Waals surface area contributed by atoms with Gasteiger partial charge in [0.25, 0.3) is 5.91 Å². The number of ether oxygens (including phenoxy) is 1. The molecule has 0 spiro atoms. The number of rotatable bonds is 5. The SMILES string of the molecule is Cc1nn(C)c(C)c1NC(=O)COc1ccc(C(N)=O)cc1. The molecule has 2 rings (SSSR count). The number of nitrogens with two attached hydrogens (primary N) is 1. The molecule has 2 aromatic rings. The minimum atomic E-state index is -0.508. The highest BCUT2D eigenvalue weighted by Crippen LogP contribution is 2.18. The van der Waals surface area contributed by atoms with Crippen LogP contribution in [0, 0.1) is 13.8 Å². The third kappa shape index (κ3) is 3.43. The molecule has 0 radical (unpaired) electrons. The zero-order valence-electron chi connectivity index (χ0n) is 12.7. The molecule has 0 atom stereocenters. The van der Waals surface area contributed by atoms with Crippen molar-refractivity contribution in [3.63, 3.8) is 0 Å². The second-order valence-electron chi connectivity index (χ2n) is 4.89. The monoisotopic (exact) mass is 302 g/mol. The summed E-state index contributed by atoms with van der Waals surface area (Å²) >= 11 is 0. The average molecular weight is 302 g/mol. The Morgan fingerprint density at radius 3 is 2.41 bits per heavy atom. The number of carbonyl (C=O) groups is 2. The van der Waals surface area contributed by atoms with Crippen molar-refractivity contribution in [1.29, 1.82) is 0 Å². The number of benzene rings is 1. The summed E-state index contributed by atoms with van der Waals surface area (Å²) in [5.41, 5.74) is 7.85. The van der Waals surface area contributed by atoms with Crippen LogP contribution in [-0.4, -0.2) is 28.2 Å². The van der Waals surface area contributed by atoms with E-state index in [1.165, 1.54) is 0 Å². The van der Waals surface area contributed by atoms with E-state index >= 15 is 0 Å². The molecule has 0 aliphatic heterocycles. The van der Waals surface area contributed by atoms with Gasteiger partial charge in [-0.1, -0.05) is 0 Å². The Morgan fingerprint density at radius 2 is 1.91 bits per heavy atom. The van der Waals surface area contributed by atoms with Crippen molar-refractivity contribution >= 4 is 17.5 Å². The van der Waals surface area contributed by atoms with Crippen LogP contribution < -0.4 is 15.8 Å². The van der Waals surface area contributed by atoms with Crippen molar-refractivity contribution in [2.24, 2.45) is 12.8 Å². The number of anilines is 1. The van der Waals surface area contributed by atoms with Crippen LogP contribution in [0.1, 0.15) is 21.7 Å². The van der Waals surface area contributed by atoms with Crippen LogP contribution in [0.2, 0.25) is 0 Å². The van der Waals surface area contributed by atoms with E-state index < -0.39 is 5.91 Å². The summed E-state index contributed by atoms with van der Waals surface area (Å²) < 4.78 is 7.07. The zero-order valence-corrected chi connectivity index (χ0v) is 12.7. The average Bonchev–Trinajstić information content (AvgIpc) is 2.72. The highest BCUT2D eigenvalue weighted by Gasteiger charge is 2.12. The number of aryl methyl sites for hydroxylation is 2. The van der Waals surface area contributed by atoms with E-state index in [1.54, 1.807) is 28.9 Å². The summed E-state index contributed by atoms with van der Waals surface area (Å²) in [6, 6.07) is 6.28. The predicted octanol–water partition coefficient (Wildman–Crippen LogP) is 1.15. The largest absolute Gasteiger partial charge is 0.484 e. The number of hydrogen-bond acceptors (Lipinski definition) is 4. The first-order chi connectivity index (χ1) is 10.4. The van der Waals surface area contributed by atoms with Gasteiger partial charge in [-0.15, -0.1) is 0 Å². The Hall–Kier alpha value is -2.83. The molecule has 22 heavy (non-hydrogen) atoms. The van der Waals surface area contributed by atoms with Gasteiger partial charge < -0.3 is 15.8 Å². The molecule has 1 aromatic carbocycles. The maximum absolute atomic E-state index is 11.9. The van der Waals surface area contributed by atoms with Gasteiger partial charge in [0.2, 0.25) is 5.91 Å². The number of amides is 2. The molecular weight excluding hydrogens is 284 g/mol. The molecule has 116 valence electrons. The van der Waals surface area contributed by atoms with Gasteiger partial charge in [-0.2, -0.15) is 5.10 Å². The van der Waals surface area contributed by atoms with Gasteiger partial charge in [0.05, 0.1) is 17.1 Å². The summed E-state index contributed by atoms with van der Waals surface area (Å²) in [4.78, 5) is 22.9. The molecule has 7 nitrogen and oxygen atoms in total. The maximum Gasteiger partial charge on any atom is 0.262 e. The first-order valence-corrected chi connectivity index (χ1v) is 6.71. The van der Waals surface area contributed by atoms with Gasteiger partial charge in [0.15, 0.2) is 6.61 Å². The van der Waals surface area contributed by atoms with Crippen molar-refractivity contribution in [3.05, 3.63) is 41.2 Å². The Bertz CT molecular complexity index is 704. The first kappa shape index (κ1) is 15.6.